The summed E-state index contributed by atoms with van der Waals surface area (Å²) in [5, 5.41) is 3.40. The van der Waals surface area contributed by atoms with Crippen molar-refractivity contribution >= 4 is 0 Å². The first-order valence-electron chi connectivity index (χ1n) is 6.35. The van der Waals surface area contributed by atoms with Crippen LogP contribution in [0.5, 0.6) is 0 Å². The first-order valence-corrected chi connectivity index (χ1v) is 6.35. The molecule has 17 heavy (non-hydrogen) atoms. The van der Waals surface area contributed by atoms with Gasteiger partial charge in [0.15, 0.2) is 0 Å². The van der Waals surface area contributed by atoms with Crippen LogP contribution in [0.4, 0.5) is 0 Å². The molecule has 2 rings (SSSR count). The van der Waals surface area contributed by atoms with Gasteiger partial charge in [-0.1, -0.05) is 30.3 Å². The summed E-state index contributed by atoms with van der Waals surface area (Å²) in [5.74, 6) is 0. The molecule has 0 amide bonds. The molecule has 0 saturated carbocycles. The van der Waals surface area contributed by atoms with Crippen molar-refractivity contribution in [3.63, 3.8) is 0 Å². The highest BCUT2D eigenvalue weighted by molar-refractivity contribution is 5.19. The minimum atomic E-state index is 0.358. The van der Waals surface area contributed by atoms with Crippen LogP contribution in [-0.4, -0.2) is 44.3 Å². The maximum Gasteiger partial charge on any atom is 0.0674 e. The fourth-order valence-corrected chi connectivity index (χ4v) is 2.36. The quantitative estimate of drug-likeness (QED) is 0.857. The molecule has 0 aliphatic carbocycles. The van der Waals surface area contributed by atoms with Gasteiger partial charge in [0.2, 0.25) is 0 Å². The lowest BCUT2D eigenvalue weighted by Gasteiger charge is -2.33. The predicted octanol–water partition coefficient (Wildman–Crippen LogP) is 1.67. The lowest BCUT2D eigenvalue weighted by Crippen LogP contribution is -2.44. The molecule has 1 aliphatic rings. The lowest BCUT2D eigenvalue weighted by molar-refractivity contribution is -0.0208. The maximum absolute atomic E-state index is 5.57. The van der Waals surface area contributed by atoms with E-state index in [-0.39, 0.29) is 0 Å². The average molecular weight is 234 g/mol. The van der Waals surface area contributed by atoms with Crippen LogP contribution in [0, 0.1) is 0 Å². The average Bonchev–Trinajstić information content (AvgIpc) is 2.37. The first-order chi connectivity index (χ1) is 8.29. The fraction of sp³-hybridized carbons (Fsp3) is 0.571. The molecule has 3 nitrogen and oxygen atoms in total. The van der Waals surface area contributed by atoms with Crippen molar-refractivity contribution in [1.29, 1.82) is 0 Å². The van der Waals surface area contributed by atoms with Crippen LogP contribution in [0.2, 0.25) is 0 Å². The number of ether oxygens (including phenoxy) is 1. The van der Waals surface area contributed by atoms with E-state index in [0.29, 0.717) is 12.1 Å². The van der Waals surface area contributed by atoms with Crippen molar-refractivity contribution in [2.45, 2.75) is 19.1 Å². The Kier molecular flexibility index (Phi) is 4.54. The monoisotopic (exact) mass is 234 g/mol. The summed E-state index contributed by atoms with van der Waals surface area (Å²) in [6.45, 7) is 6.12. The Hall–Kier alpha value is -0.900. The van der Waals surface area contributed by atoms with Gasteiger partial charge in [-0.25, -0.2) is 0 Å². The summed E-state index contributed by atoms with van der Waals surface area (Å²) < 4.78 is 5.57. The van der Waals surface area contributed by atoms with Gasteiger partial charge in [-0.05, 0) is 19.5 Å². The third-order valence-corrected chi connectivity index (χ3v) is 3.32. The lowest BCUT2D eigenvalue weighted by atomic mass is 10.1. The van der Waals surface area contributed by atoms with E-state index >= 15 is 0 Å². The highest BCUT2D eigenvalue weighted by Crippen LogP contribution is 2.15. The predicted molar refractivity (Wildman–Crippen MR) is 70.1 cm³/mol. The number of hydrogen-bond acceptors (Lipinski definition) is 3. The fourth-order valence-electron chi connectivity index (χ4n) is 2.36. The van der Waals surface area contributed by atoms with Crippen LogP contribution in [-0.2, 0) is 4.74 Å². The number of rotatable bonds is 4. The van der Waals surface area contributed by atoms with E-state index in [1.165, 1.54) is 5.56 Å². The summed E-state index contributed by atoms with van der Waals surface area (Å²) in [5.41, 5.74) is 1.36. The first kappa shape index (κ1) is 12.6. The van der Waals surface area contributed by atoms with Crippen molar-refractivity contribution in [1.82, 2.24) is 10.2 Å². The van der Waals surface area contributed by atoms with Crippen molar-refractivity contribution in [2.75, 3.05) is 33.3 Å². The van der Waals surface area contributed by atoms with Gasteiger partial charge in [0.05, 0.1) is 12.7 Å². The van der Waals surface area contributed by atoms with Gasteiger partial charge >= 0.3 is 0 Å². The Labute approximate surface area is 104 Å². The summed E-state index contributed by atoms with van der Waals surface area (Å²) in [6, 6.07) is 11.0. The Balaban J connectivity index is 1.95. The molecule has 1 aromatic carbocycles. The Morgan fingerprint density at radius 3 is 2.82 bits per heavy atom. The largest absolute Gasteiger partial charge is 0.376 e. The van der Waals surface area contributed by atoms with Crippen molar-refractivity contribution < 1.29 is 4.74 Å². The minimum Gasteiger partial charge on any atom is -0.376 e. The SMILES string of the molecule is CNC(CN1CCOC(C)C1)c1ccccc1. The molecule has 1 aliphatic heterocycles. The van der Waals surface area contributed by atoms with Crippen LogP contribution in [0.3, 0.4) is 0 Å². The second-order valence-electron chi connectivity index (χ2n) is 4.69. The molecule has 2 atom stereocenters. The van der Waals surface area contributed by atoms with Crippen molar-refractivity contribution in [3.8, 4) is 0 Å². The van der Waals surface area contributed by atoms with Crippen LogP contribution in [0.1, 0.15) is 18.5 Å². The Morgan fingerprint density at radius 2 is 2.18 bits per heavy atom. The summed E-state index contributed by atoms with van der Waals surface area (Å²) in [6.07, 6.45) is 0.358. The molecule has 1 heterocycles. The summed E-state index contributed by atoms with van der Waals surface area (Å²) >= 11 is 0. The van der Waals surface area contributed by atoms with E-state index in [1.54, 1.807) is 0 Å². The van der Waals surface area contributed by atoms with Gasteiger partial charge in [0, 0.05) is 25.7 Å². The van der Waals surface area contributed by atoms with Gasteiger partial charge < -0.3 is 10.1 Å². The van der Waals surface area contributed by atoms with E-state index < -0.39 is 0 Å². The molecule has 0 radical (unpaired) electrons. The van der Waals surface area contributed by atoms with Gasteiger partial charge in [-0.15, -0.1) is 0 Å². The van der Waals surface area contributed by atoms with Crippen molar-refractivity contribution in [2.24, 2.45) is 0 Å². The summed E-state index contributed by atoms with van der Waals surface area (Å²) in [7, 11) is 2.03. The molecule has 1 aromatic rings. The second kappa shape index (κ2) is 6.15. The molecule has 1 fully saturated rings. The molecule has 3 heteroatoms. The molecular formula is C14H22N2O. The van der Waals surface area contributed by atoms with Crippen molar-refractivity contribution in [3.05, 3.63) is 35.9 Å². The van der Waals surface area contributed by atoms with E-state index in [1.807, 2.05) is 7.05 Å². The number of benzene rings is 1. The van der Waals surface area contributed by atoms with E-state index in [9.17, 15) is 0 Å². The topological polar surface area (TPSA) is 24.5 Å². The smallest absolute Gasteiger partial charge is 0.0674 e. The second-order valence-corrected chi connectivity index (χ2v) is 4.69. The number of nitrogens with one attached hydrogen (secondary N) is 1. The number of morpholine rings is 1. The third-order valence-electron chi connectivity index (χ3n) is 3.32. The molecule has 1 N–H and O–H groups in total. The third kappa shape index (κ3) is 3.53. The Bertz CT molecular complexity index is 328. The van der Waals surface area contributed by atoms with Crippen LogP contribution >= 0.6 is 0 Å². The molecule has 2 unspecified atom stereocenters. The zero-order chi connectivity index (χ0) is 12.1. The zero-order valence-electron chi connectivity index (χ0n) is 10.7. The number of nitrogens with zero attached hydrogens (tertiary/aromatic N) is 1. The highest BCUT2D eigenvalue weighted by atomic mass is 16.5. The summed E-state index contributed by atoms with van der Waals surface area (Å²) in [4.78, 5) is 2.47. The van der Waals surface area contributed by atoms with E-state index in [2.05, 4.69) is 47.5 Å². The zero-order valence-corrected chi connectivity index (χ0v) is 10.7. The maximum atomic E-state index is 5.57. The highest BCUT2D eigenvalue weighted by Gasteiger charge is 2.20. The van der Waals surface area contributed by atoms with Gasteiger partial charge in [-0.2, -0.15) is 0 Å². The molecule has 0 spiro atoms. The minimum absolute atomic E-state index is 0.358. The Morgan fingerprint density at radius 1 is 1.41 bits per heavy atom. The molecular weight excluding hydrogens is 212 g/mol. The van der Waals surface area contributed by atoms with E-state index in [4.69, 9.17) is 4.74 Å². The molecule has 1 saturated heterocycles. The van der Waals surface area contributed by atoms with Crippen LogP contribution in [0.25, 0.3) is 0 Å². The van der Waals surface area contributed by atoms with Gasteiger partial charge in [0.25, 0.3) is 0 Å². The number of hydrogen-bond donors (Lipinski definition) is 1. The van der Waals surface area contributed by atoms with Crippen LogP contribution < -0.4 is 5.32 Å². The molecule has 0 aromatic heterocycles. The van der Waals surface area contributed by atoms with Crippen LogP contribution in [0.15, 0.2) is 30.3 Å². The molecule has 94 valence electrons. The van der Waals surface area contributed by atoms with Gasteiger partial charge in [-0.3, -0.25) is 4.90 Å². The van der Waals surface area contributed by atoms with Gasteiger partial charge in [0.1, 0.15) is 0 Å². The molecule has 0 bridgehead atoms. The standard InChI is InChI=1S/C14H22N2O/c1-12-10-16(8-9-17-12)11-14(15-2)13-6-4-3-5-7-13/h3-7,12,14-15H,8-11H2,1-2H3. The van der Waals surface area contributed by atoms with E-state index in [0.717, 1.165) is 26.2 Å². The number of likely N-dealkylation sites (N-methyl/N-ethyl adjacent to an activating group) is 1. The normalized spacial score (nSPS) is 23.5.